The summed E-state index contributed by atoms with van der Waals surface area (Å²) in [6.45, 7) is 0.170. The van der Waals surface area contributed by atoms with Gasteiger partial charge in [0.05, 0.1) is 7.11 Å². The first kappa shape index (κ1) is 7.94. The van der Waals surface area contributed by atoms with Crippen LogP contribution in [0.15, 0.2) is 4.99 Å². The highest BCUT2D eigenvalue weighted by Gasteiger charge is 1.94. The summed E-state index contributed by atoms with van der Waals surface area (Å²) in [5.41, 5.74) is 0. The average molecular weight is 131 g/mol. The summed E-state index contributed by atoms with van der Waals surface area (Å²) in [4.78, 5) is 13.8. The Morgan fingerprint density at radius 3 is 2.89 bits per heavy atom. The van der Waals surface area contributed by atoms with E-state index in [1.807, 2.05) is 0 Å². The lowest BCUT2D eigenvalue weighted by molar-refractivity contribution is 0.0854. The number of carbonyl (C=O) groups excluding carboxylic acids is 1. The highest BCUT2D eigenvalue weighted by Crippen LogP contribution is 1.78. The number of ether oxygens (including phenoxy) is 2. The third-order valence-electron chi connectivity index (χ3n) is 0.625. The van der Waals surface area contributed by atoms with Crippen LogP contribution in [0.3, 0.4) is 0 Å². The molecule has 0 aromatic heterocycles. The number of methoxy groups -OCH3 is 1. The number of rotatable bonds is 2. The van der Waals surface area contributed by atoms with Crippen LogP contribution in [0.2, 0.25) is 0 Å². The molecule has 0 aliphatic heterocycles. The van der Waals surface area contributed by atoms with Gasteiger partial charge in [0.1, 0.15) is 6.61 Å². The van der Waals surface area contributed by atoms with Gasteiger partial charge in [0.2, 0.25) is 0 Å². The van der Waals surface area contributed by atoms with Gasteiger partial charge >= 0.3 is 6.16 Å². The van der Waals surface area contributed by atoms with Gasteiger partial charge in [-0.1, -0.05) is 0 Å². The lowest BCUT2D eigenvalue weighted by Gasteiger charge is -1.95. The monoisotopic (exact) mass is 131 g/mol. The SMILES string of the molecule is CN=CCOC(=O)OC. The molecular weight excluding hydrogens is 122 g/mol. The molecule has 0 aromatic rings. The van der Waals surface area contributed by atoms with E-state index in [9.17, 15) is 4.79 Å². The quantitative estimate of drug-likeness (QED) is 0.404. The van der Waals surface area contributed by atoms with Gasteiger partial charge in [-0.2, -0.15) is 0 Å². The maximum atomic E-state index is 10.2. The molecule has 4 heteroatoms. The number of hydrogen-bond acceptors (Lipinski definition) is 4. The van der Waals surface area contributed by atoms with Crippen molar-refractivity contribution in [1.82, 2.24) is 0 Å². The molecule has 0 N–H and O–H groups in total. The van der Waals surface area contributed by atoms with Crippen molar-refractivity contribution in [3.63, 3.8) is 0 Å². The second-order valence-corrected chi connectivity index (χ2v) is 1.21. The number of nitrogens with zero attached hydrogens (tertiary/aromatic N) is 1. The largest absolute Gasteiger partial charge is 0.508 e. The molecule has 0 heterocycles. The smallest absolute Gasteiger partial charge is 0.438 e. The summed E-state index contributed by atoms with van der Waals surface area (Å²) in [5.74, 6) is 0. The molecule has 4 nitrogen and oxygen atoms in total. The molecule has 0 saturated heterocycles. The Hall–Kier alpha value is -1.06. The van der Waals surface area contributed by atoms with Gasteiger partial charge in [-0.15, -0.1) is 0 Å². The Labute approximate surface area is 53.5 Å². The van der Waals surface area contributed by atoms with Crippen LogP contribution in [0.4, 0.5) is 4.79 Å². The van der Waals surface area contributed by atoms with Gasteiger partial charge in [-0.05, 0) is 0 Å². The molecule has 0 rings (SSSR count). The molecule has 0 aromatic carbocycles. The van der Waals surface area contributed by atoms with Gasteiger partial charge in [-0.25, -0.2) is 4.79 Å². The Morgan fingerprint density at radius 1 is 1.78 bits per heavy atom. The van der Waals surface area contributed by atoms with E-state index in [0.29, 0.717) is 0 Å². The molecule has 0 amide bonds. The normalized spacial score (nSPS) is 9.56. The summed E-state index contributed by atoms with van der Waals surface area (Å²) in [7, 11) is 2.85. The third kappa shape index (κ3) is 4.80. The number of hydrogen-bond donors (Lipinski definition) is 0. The van der Waals surface area contributed by atoms with E-state index in [0.717, 1.165) is 0 Å². The van der Waals surface area contributed by atoms with E-state index in [1.165, 1.54) is 13.3 Å². The standard InChI is InChI=1S/C5H9NO3/c1-6-3-4-9-5(7)8-2/h3H,4H2,1-2H3. The van der Waals surface area contributed by atoms with E-state index in [2.05, 4.69) is 14.5 Å². The van der Waals surface area contributed by atoms with Crippen molar-refractivity contribution in [2.75, 3.05) is 20.8 Å². The molecule has 52 valence electrons. The molecule has 0 aliphatic rings. The highest BCUT2D eigenvalue weighted by molar-refractivity contribution is 5.65. The Kier molecular flexibility index (Phi) is 4.49. The summed E-state index contributed by atoms with van der Waals surface area (Å²) >= 11 is 0. The van der Waals surface area contributed by atoms with Gasteiger partial charge in [0.15, 0.2) is 0 Å². The van der Waals surface area contributed by atoms with Crippen molar-refractivity contribution in [1.29, 1.82) is 0 Å². The van der Waals surface area contributed by atoms with Crippen LogP contribution < -0.4 is 0 Å². The molecular formula is C5H9NO3. The second kappa shape index (κ2) is 5.08. The van der Waals surface area contributed by atoms with Crippen molar-refractivity contribution in [2.24, 2.45) is 4.99 Å². The van der Waals surface area contributed by atoms with Crippen molar-refractivity contribution in [3.05, 3.63) is 0 Å². The topological polar surface area (TPSA) is 47.9 Å². The Balaban J connectivity index is 3.17. The zero-order valence-corrected chi connectivity index (χ0v) is 5.46. The van der Waals surface area contributed by atoms with Crippen LogP contribution in [0.1, 0.15) is 0 Å². The van der Waals surface area contributed by atoms with E-state index >= 15 is 0 Å². The van der Waals surface area contributed by atoms with Crippen LogP contribution >= 0.6 is 0 Å². The summed E-state index contributed by atoms with van der Waals surface area (Å²) < 4.78 is 8.60. The van der Waals surface area contributed by atoms with Crippen molar-refractivity contribution in [2.45, 2.75) is 0 Å². The van der Waals surface area contributed by atoms with E-state index in [4.69, 9.17) is 0 Å². The van der Waals surface area contributed by atoms with Crippen LogP contribution in [0, 0.1) is 0 Å². The maximum absolute atomic E-state index is 10.2. The summed E-state index contributed by atoms with van der Waals surface area (Å²) in [6.07, 6.45) is 0.784. The summed E-state index contributed by atoms with van der Waals surface area (Å²) in [6, 6.07) is 0. The lowest BCUT2D eigenvalue weighted by atomic mass is 10.8. The molecule has 0 atom stereocenters. The fraction of sp³-hybridized carbons (Fsp3) is 0.600. The minimum atomic E-state index is -0.685. The third-order valence-corrected chi connectivity index (χ3v) is 0.625. The predicted octanol–water partition coefficient (Wildman–Crippen LogP) is 0.470. The van der Waals surface area contributed by atoms with Gasteiger partial charge < -0.3 is 9.47 Å². The van der Waals surface area contributed by atoms with E-state index in [1.54, 1.807) is 7.05 Å². The fourth-order valence-electron chi connectivity index (χ4n) is 0.239. The molecule has 0 fully saturated rings. The van der Waals surface area contributed by atoms with Crippen LogP contribution in [0.25, 0.3) is 0 Å². The van der Waals surface area contributed by atoms with Crippen LogP contribution in [-0.2, 0) is 9.47 Å². The van der Waals surface area contributed by atoms with Gasteiger partial charge in [0, 0.05) is 13.3 Å². The molecule has 0 spiro atoms. The van der Waals surface area contributed by atoms with Gasteiger partial charge in [-0.3, -0.25) is 4.99 Å². The van der Waals surface area contributed by atoms with E-state index in [-0.39, 0.29) is 6.61 Å². The van der Waals surface area contributed by atoms with Crippen LogP contribution in [0.5, 0.6) is 0 Å². The summed E-state index contributed by atoms with van der Waals surface area (Å²) in [5, 5.41) is 0. The Morgan fingerprint density at radius 2 is 2.44 bits per heavy atom. The average Bonchev–Trinajstić information content (AvgIpc) is 1.89. The van der Waals surface area contributed by atoms with E-state index < -0.39 is 6.16 Å². The molecule has 0 aliphatic carbocycles. The van der Waals surface area contributed by atoms with Crippen molar-refractivity contribution >= 4 is 12.4 Å². The molecule has 0 radical (unpaired) electrons. The Bertz CT molecular complexity index is 111. The molecule has 0 bridgehead atoms. The highest BCUT2D eigenvalue weighted by atomic mass is 16.7. The number of carbonyl (C=O) groups is 1. The minimum absolute atomic E-state index is 0.170. The first-order chi connectivity index (χ1) is 4.31. The molecule has 0 saturated carbocycles. The van der Waals surface area contributed by atoms with Crippen LogP contribution in [-0.4, -0.2) is 33.1 Å². The van der Waals surface area contributed by atoms with Crippen molar-refractivity contribution in [3.8, 4) is 0 Å². The first-order valence-electron chi connectivity index (χ1n) is 2.42. The van der Waals surface area contributed by atoms with Crippen molar-refractivity contribution < 1.29 is 14.3 Å². The fourth-order valence-corrected chi connectivity index (χ4v) is 0.239. The zero-order valence-electron chi connectivity index (χ0n) is 5.46. The van der Waals surface area contributed by atoms with Gasteiger partial charge in [0.25, 0.3) is 0 Å². The predicted molar refractivity (Wildman–Crippen MR) is 32.8 cm³/mol. The zero-order chi connectivity index (χ0) is 7.11. The minimum Gasteiger partial charge on any atom is -0.438 e. The second-order valence-electron chi connectivity index (χ2n) is 1.21. The molecule has 9 heavy (non-hydrogen) atoms. The maximum Gasteiger partial charge on any atom is 0.508 e. The lowest BCUT2D eigenvalue weighted by Crippen LogP contribution is -2.05. The number of aliphatic imine (C=N–C) groups is 1. The first-order valence-corrected chi connectivity index (χ1v) is 2.42. The molecule has 0 unspecified atom stereocenters.